The van der Waals surface area contributed by atoms with E-state index in [0.717, 1.165) is 0 Å². The summed E-state index contributed by atoms with van der Waals surface area (Å²) in [6.45, 7) is 0. The van der Waals surface area contributed by atoms with E-state index in [1.807, 2.05) is 0 Å². The van der Waals surface area contributed by atoms with Gasteiger partial charge in [-0.25, -0.2) is 9.37 Å². The van der Waals surface area contributed by atoms with E-state index in [2.05, 4.69) is 4.98 Å². The van der Waals surface area contributed by atoms with Gasteiger partial charge in [0.05, 0.1) is 19.0 Å². The maximum atomic E-state index is 13.9. The molecule has 0 bridgehead atoms. The standard InChI is InChI=1S/C14H12FN3O/c1-19-10-4-5-18-13(8-17-14(18)7-10)11-3-2-9(16)6-12(11)15/h2-8H,16H2,1H3. The number of aromatic nitrogens is 2. The van der Waals surface area contributed by atoms with Crippen LogP contribution < -0.4 is 10.5 Å². The smallest absolute Gasteiger partial charge is 0.140 e. The van der Waals surface area contributed by atoms with Crippen molar-refractivity contribution in [2.45, 2.75) is 0 Å². The van der Waals surface area contributed by atoms with E-state index in [-0.39, 0.29) is 5.82 Å². The van der Waals surface area contributed by atoms with E-state index in [9.17, 15) is 4.39 Å². The molecule has 2 aromatic heterocycles. The molecule has 0 saturated carbocycles. The van der Waals surface area contributed by atoms with Gasteiger partial charge < -0.3 is 10.5 Å². The number of hydrogen-bond acceptors (Lipinski definition) is 3. The van der Waals surface area contributed by atoms with Crippen LogP contribution in [0.2, 0.25) is 0 Å². The number of hydrogen-bond donors (Lipinski definition) is 1. The van der Waals surface area contributed by atoms with Gasteiger partial charge in [-0.3, -0.25) is 4.40 Å². The molecule has 3 rings (SSSR count). The molecule has 0 saturated heterocycles. The molecule has 0 amide bonds. The monoisotopic (exact) mass is 257 g/mol. The Balaban J connectivity index is 2.20. The minimum atomic E-state index is -0.363. The van der Waals surface area contributed by atoms with E-state index >= 15 is 0 Å². The zero-order valence-corrected chi connectivity index (χ0v) is 10.3. The third kappa shape index (κ3) is 1.89. The third-order valence-corrected chi connectivity index (χ3v) is 2.99. The Hall–Kier alpha value is -2.56. The maximum Gasteiger partial charge on any atom is 0.140 e. The fraction of sp³-hybridized carbons (Fsp3) is 0.0714. The molecule has 3 aromatic rings. The lowest BCUT2D eigenvalue weighted by Crippen LogP contribution is -1.93. The number of rotatable bonds is 2. The molecule has 2 heterocycles. The number of benzene rings is 1. The quantitative estimate of drug-likeness (QED) is 0.718. The van der Waals surface area contributed by atoms with Crippen molar-refractivity contribution in [3.8, 4) is 17.0 Å². The largest absolute Gasteiger partial charge is 0.497 e. The van der Waals surface area contributed by atoms with Crippen LogP contribution in [0.3, 0.4) is 0 Å². The van der Waals surface area contributed by atoms with Gasteiger partial charge in [-0.05, 0) is 24.3 Å². The summed E-state index contributed by atoms with van der Waals surface area (Å²) < 4.78 is 20.9. The second kappa shape index (κ2) is 4.28. The average Bonchev–Trinajstić information content (AvgIpc) is 2.81. The Morgan fingerprint density at radius 3 is 2.84 bits per heavy atom. The van der Waals surface area contributed by atoms with Gasteiger partial charge in [0.25, 0.3) is 0 Å². The predicted octanol–water partition coefficient (Wildman–Crippen LogP) is 2.73. The Labute approximate surface area is 109 Å². The zero-order chi connectivity index (χ0) is 13.4. The molecule has 5 heteroatoms. The van der Waals surface area contributed by atoms with Gasteiger partial charge in [-0.1, -0.05) is 0 Å². The summed E-state index contributed by atoms with van der Waals surface area (Å²) in [6.07, 6.45) is 3.43. The van der Waals surface area contributed by atoms with Crippen molar-refractivity contribution < 1.29 is 9.13 Å². The summed E-state index contributed by atoms with van der Waals surface area (Å²) in [4.78, 5) is 4.25. The molecule has 0 unspecified atom stereocenters. The van der Waals surface area contributed by atoms with Gasteiger partial charge in [0, 0.05) is 23.5 Å². The van der Waals surface area contributed by atoms with Crippen LogP contribution >= 0.6 is 0 Å². The van der Waals surface area contributed by atoms with Crippen molar-refractivity contribution in [1.29, 1.82) is 0 Å². The number of ether oxygens (including phenoxy) is 1. The van der Waals surface area contributed by atoms with Gasteiger partial charge in [-0.2, -0.15) is 0 Å². The van der Waals surface area contributed by atoms with E-state index in [0.29, 0.717) is 28.3 Å². The first-order chi connectivity index (χ1) is 9.19. The SMILES string of the molecule is COc1ccn2c(-c3ccc(N)cc3F)cnc2c1. The molecular formula is C14H12FN3O. The molecule has 0 fully saturated rings. The number of nitrogens with two attached hydrogens (primary N) is 1. The lowest BCUT2D eigenvalue weighted by molar-refractivity contribution is 0.414. The van der Waals surface area contributed by atoms with Crippen LogP contribution in [0, 0.1) is 5.82 Å². The summed E-state index contributed by atoms with van der Waals surface area (Å²) >= 11 is 0. The molecule has 1 aromatic carbocycles. The first kappa shape index (κ1) is 11.5. The molecule has 0 aliphatic carbocycles. The highest BCUT2D eigenvalue weighted by Crippen LogP contribution is 2.26. The molecule has 0 spiro atoms. The van der Waals surface area contributed by atoms with Crippen LogP contribution in [0.4, 0.5) is 10.1 Å². The van der Waals surface area contributed by atoms with Crippen molar-refractivity contribution in [3.63, 3.8) is 0 Å². The highest BCUT2D eigenvalue weighted by molar-refractivity contribution is 5.66. The lowest BCUT2D eigenvalue weighted by atomic mass is 10.1. The van der Waals surface area contributed by atoms with Crippen molar-refractivity contribution >= 4 is 11.3 Å². The van der Waals surface area contributed by atoms with Gasteiger partial charge in [-0.15, -0.1) is 0 Å². The highest BCUT2D eigenvalue weighted by atomic mass is 19.1. The molecule has 0 aliphatic heterocycles. The summed E-state index contributed by atoms with van der Waals surface area (Å²) in [5.41, 5.74) is 7.79. The Bertz CT molecular complexity index is 752. The number of imidazole rings is 1. The minimum Gasteiger partial charge on any atom is -0.497 e. The van der Waals surface area contributed by atoms with Crippen molar-refractivity contribution in [2.75, 3.05) is 12.8 Å². The predicted molar refractivity (Wildman–Crippen MR) is 71.6 cm³/mol. The van der Waals surface area contributed by atoms with E-state index in [4.69, 9.17) is 10.5 Å². The second-order valence-electron chi connectivity index (χ2n) is 4.18. The van der Waals surface area contributed by atoms with Crippen LogP contribution in [0.5, 0.6) is 5.75 Å². The van der Waals surface area contributed by atoms with Crippen LogP contribution in [-0.4, -0.2) is 16.5 Å². The van der Waals surface area contributed by atoms with E-state index in [1.54, 1.807) is 48.2 Å². The average molecular weight is 257 g/mol. The number of nitrogens with zero attached hydrogens (tertiary/aromatic N) is 2. The van der Waals surface area contributed by atoms with Gasteiger partial charge in [0.2, 0.25) is 0 Å². The first-order valence-electron chi connectivity index (χ1n) is 5.75. The molecule has 0 radical (unpaired) electrons. The van der Waals surface area contributed by atoms with Crippen molar-refractivity contribution in [3.05, 3.63) is 48.5 Å². The Morgan fingerprint density at radius 2 is 2.11 bits per heavy atom. The maximum absolute atomic E-state index is 13.9. The van der Waals surface area contributed by atoms with E-state index in [1.165, 1.54) is 6.07 Å². The fourth-order valence-electron chi connectivity index (χ4n) is 2.03. The molecular weight excluding hydrogens is 245 g/mol. The summed E-state index contributed by atoms with van der Waals surface area (Å²) in [7, 11) is 1.59. The lowest BCUT2D eigenvalue weighted by Gasteiger charge is -2.05. The van der Waals surface area contributed by atoms with Gasteiger partial charge in [0.15, 0.2) is 0 Å². The van der Waals surface area contributed by atoms with Crippen molar-refractivity contribution in [1.82, 2.24) is 9.38 Å². The van der Waals surface area contributed by atoms with Crippen LogP contribution in [-0.2, 0) is 0 Å². The Morgan fingerprint density at radius 1 is 1.26 bits per heavy atom. The number of anilines is 1. The number of pyridine rings is 1. The molecule has 19 heavy (non-hydrogen) atoms. The number of halogens is 1. The van der Waals surface area contributed by atoms with Crippen molar-refractivity contribution in [2.24, 2.45) is 0 Å². The van der Waals surface area contributed by atoms with Crippen LogP contribution in [0.15, 0.2) is 42.7 Å². The van der Waals surface area contributed by atoms with Crippen LogP contribution in [0.1, 0.15) is 0 Å². The summed E-state index contributed by atoms with van der Waals surface area (Å²) in [5, 5.41) is 0. The number of methoxy groups -OCH3 is 1. The zero-order valence-electron chi connectivity index (χ0n) is 10.3. The third-order valence-electron chi connectivity index (χ3n) is 2.99. The highest BCUT2D eigenvalue weighted by Gasteiger charge is 2.11. The van der Waals surface area contributed by atoms with Crippen LogP contribution in [0.25, 0.3) is 16.9 Å². The number of fused-ring (bicyclic) bond motifs is 1. The number of nitrogen functional groups attached to an aromatic ring is 1. The minimum absolute atomic E-state index is 0.363. The molecule has 0 atom stereocenters. The molecule has 96 valence electrons. The summed E-state index contributed by atoms with van der Waals surface area (Å²) in [5.74, 6) is 0.347. The van der Waals surface area contributed by atoms with Gasteiger partial charge in [0.1, 0.15) is 17.2 Å². The fourth-order valence-corrected chi connectivity index (χ4v) is 2.03. The molecule has 4 nitrogen and oxygen atoms in total. The normalized spacial score (nSPS) is 10.8. The molecule has 2 N–H and O–H groups in total. The Kier molecular flexibility index (Phi) is 2.59. The van der Waals surface area contributed by atoms with Gasteiger partial charge >= 0.3 is 0 Å². The topological polar surface area (TPSA) is 52.5 Å². The first-order valence-corrected chi connectivity index (χ1v) is 5.75. The van der Waals surface area contributed by atoms with E-state index < -0.39 is 0 Å². The molecule has 0 aliphatic rings. The second-order valence-corrected chi connectivity index (χ2v) is 4.18. The summed E-state index contributed by atoms with van der Waals surface area (Å²) in [6, 6.07) is 8.21.